The van der Waals surface area contributed by atoms with Crippen LogP contribution in [0.2, 0.25) is 0 Å². The summed E-state index contributed by atoms with van der Waals surface area (Å²) in [5, 5.41) is 3.15. The molecule has 1 unspecified atom stereocenters. The average Bonchev–Trinajstić information content (AvgIpc) is 2.85. The van der Waals surface area contributed by atoms with E-state index in [4.69, 9.17) is 0 Å². The van der Waals surface area contributed by atoms with Crippen molar-refractivity contribution in [1.82, 2.24) is 5.32 Å². The Kier molecular flexibility index (Phi) is 3.88. The molecule has 0 spiro atoms. The predicted molar refractivity (Wildman–Crippen MR) is 83.5 cm³/mol. The van der Waals surface area contributed by atoms with E-state index in [1.807, 2.05) is 30.3 Å². The van der Waals surface area contributed by atoms with Gasteiger partial charge in [0.2, 0.25) is 5.91 Å². The van der Waals surface area contributed by atoms with E-state index in [9.17, 15) is 4.79 Å². The summed E-state index contributed by atoms with van der Waals surface area (Å²) in [7, 11) is 0. The zero-order valence-corrected chi connectivity index (χ0v) is 12.7. The number of carbonyl (C=O) groups is 1. The molecular weight excluding hydrogens is 314 g/mol. The predicted octanol–water partition coefficient (Wildman–Crippen LogP) is 3.80. The highest BCUT2D eigenvalue weighted by Crippen LogP contribution is 2.30. The molecule has 1 N–H and O–H groups in total. The van der Waals surface area contributed by atoms with Gasteiger partial charge in [0, 0.05) is 4.47 Å². The molecule has 0 saturated carbocycles. The van der Waals surface area contributed by atoms with E-state index in [1.54, 1.807) is 0 Å². The summed E-state index contributed by atoms with van der Waals surface area (Å²) >= 11 is 3.40. The van der Waals surface area contributed by atoms with Crippen molar-refractivity contribution < 1.29 is 4.79 Å². The Labute approximate surface area is 127 Å². The van der Waals surface area contributed by atoms with E-state index in [-0.39, 0.29) is 11.9 Å². The number of fused-ring (bicyclic) bond motifs is 1. The van der Waals surface area contributed by atoms with E-state index in [2.05, 4.69) is 39.4 Å². The van der Waals surface area contributed by atoms with E-state index in [1.165, 1.54) is 11.1 Å². The second-order valence-electron chi connectivity index (χ2n) is 5.16. The van der Waals surface area contributed by atoms with Crippen LogP contribution in [0.25, 0.3) is 0 Å². The van der Waals surface area contributed by atoms with Crippen molar-refractivity contribution in [2.24, 2.45) is 0 Å². The Morgan fingerprint density at radius 3 is 2.70 bits per heavy atom. The highest BCUT2D eigenvalue weighted by molar-refractivity contribution is 9.10. The van der Waals surface area contributed by atoms with Crippen LogP contribution in [-0.2, 0) is 17.6 Å². The van der Waals surface area contributed by atoms with Crippen LogP contribution in [0.1, 0.15) is 29.2 Å². The van der Waals surface area contributed by atoms with Crippen LogP contribution in [0, 0.1) is 0 Å². The molecule has 0 saturated heterocycles. The molecule has 1 aliphatic carbocycles. The fourth-order valence-electron chi connectivity index (χ4n) is 2.74. The summed E-state index contributed by atoms with van der Waals surface area (Å²) in [5.74, 6) is 0.0917. The van der Waals surface area contributed by atoms with Crippen LogP contribution in [-0.4, -0.2) is 5.91 Å². The molecule has 20 heavy (non-hydrogen) atoms. The van der Waals surface area contributed by atoms with Crippen molar-refractivity contribution in [3.63, 3.8) is 0 Å². The van der Waals surface area contributed by atoms with Gasteiger partial charge in [-0.15, -0.1) is 0 Å². The molecule has 0 aliphatic heterocycles. The number of amides is 1. The fourth-order valence-corrected chi connectivity index (χ4v) is 3.00. The molecular formula is C17H16BrNO. The fraction of sp³-hybridized carbons (Fsp3) is 0.235. The van der Waals surface area contributed by atoms with Crippen LogP contribution in [0.5, 0.6) is 0 Å². The maximum absolute atomic E-state index is 12.1. The van der Waals surface area contributed by atoms with Gasteiger partial charge in [-0.3, -0.25) is 4.79 Å². The Hall–Kier alpha value is -1.61. The summed E-state index contributed by atoms with van der Waals surface area (Å²) in [6.45, 7) is 0. The van der Waals surface area contributed by atoms with Crippen LogP contribution >= 0.6 is 15.9 Å². The number of rotatable bonds is 3. The number of hydrogen-bond donors (Lipinski definition) is 1. The monoisotopic (exact) mass is 329 g/mol. The van der Waals surface area contributed by atoms with Gasteiger partial charge in [0.05, 0.1) is 12.5 Å². The normalized spacial score (nSPS) is 16.8. The van der Waals surface area contributed by atoms with Gasteiger partial charge in [0.1, 0.15) is 0 Å². The van der Waals surface area contributed by atoms with E-state index >= 15 is 0 Å². The lowest BCUT2D eigenvalue weighted by Crippen LogP contribution is -2.28. The topological polar surface area (TPSA) is 29.1 Å². The molecule has 0 fully saturated rings. The quantitative estimate of drug-likeness (QED) is 0.911. The van der Waals surface area contributed by atoms with Gasteiger partial charge in [-0.25, -0.2) is 0 Å². The minimum absolute atomic E-state index is 0.0917. The highest BCUT2D eigenvalue weighted by Gasteiger charge is 2.23. The summed E-state index contributed by atoms with van der Waals surface area (Å²) in [6.07, 6.45) is 2.50. The molecule has 1 aliphatic rings. The molecule has 0 bridgehead atoms. The van der Waals surface area contributed by atoms with Gasteiger partial charge in [0.25, 0.3) is 0 Å². The first-order valence-corrected chi connectivity index (χ1v) is 7.63. The van der Waals surface area contributed by atoms with E-state index in [0.717, 1.165) is 22.9 Å². The lowest BCUT2D eigenvalue weighted by Gasteiger charge is -2.14. The first-order valence-electron chi connectivity index (χ1n) is 6.84. The van der Waals surface area contributed by atoms with Gasteiger partial charge in [-0.2, -0.15) is 0 Å². The smallest absolute Gasteiger partial charge is 0.224 e. The zero-order chi connectivity index (χ0) is 13.9. The molecule has 2 aromatic rings. The maximum Gasteiger partial charge on any atom is 0.224 e. The first-order chi connectivity index (χ1) is 9.72. The van der Waals surface area contributed by atoms with E-state index in [0.29, 0.717) is 6.42 Å². The lowest BCUT2D eigenvalue weighted by atomic mass is 10.1. The molecule has 2 aromatic carbocycles. The number of halogens is 1. The van der Waals surface area contributed by atoms with Crippen LogP contribution in [0.3, 0.4) is 0 Å². The minimum atomic E-state index is 0.0917. The number of carbonyl (C=O) groups excluding carboxylic acids is 1. The summed E-state index contributed by atoms with van der Waals surface area (Å²) < 4.78 is 1.03. The Balaban J connectivity index is 1.64. The molecule has 2 nitrogen and oxygen atoms in total. The largest absolute Gasteiger partial charge is 0.349 e. The molecule has 1 atom stereocenters. The van der Waals surface area contributed by atoms with Crippen molar-refractivity contribution >= 4 is 21.8 Å². The minimum Gasteiger partial charge on any atom is -0.349 e. The average molecular weight is 330 g/mol. The highest BCUT2D eigenvalue weighted by atomic mass is 79.9. The first kappa shape index (κ1) is 13.4. The van der Waals surface area contributed by atoms with Gasteiger partial charge < -0.3 is 5.32 Å². The maximum atomic E-state index is 12.1. The Morgan fingerprint density at radius 2 is 1.90 bits per heavy atom. The summed E-state index contributed by atoms with van der Waals surface area (Å²) in [6, 6.07) is 16.4. The standard InChI is InChI=1S/C17H16BrNO/c18-14-8-5-12(6-9-14)11-17(20)19-16-10-7-13-3-1-2-4-15(13)16/h1-6,8-9,16H,7,10-11H2,(H,19,20). The SMILES string of the molecule is O=C(Cc1ccc(Br)cc1)NC1CCc2ccccc21. The number of benzene rings is 2. The third-order valence-corrected chi connectivity index (χ3v) is 4.27. The van der Waals surface area contributed by atoms with Gasteiger partial charge in [-0.05, 0) is 41.7 Å². The van der Waals surface area contributed by atoms with Crippen molar-refractivity contribution in [2.45, 2.75) is 25.3 Å². The van der Waals surface area contributed by atoms with Crippen molar-refractivity contribution in [2.75, 3.05) is 0 Å². The van der Waals surface area contributed by atoms with Crippen molar-refractivity contribution in [3.8, 4) is 0 Å². The van der Waals surface area contributed by atoms with Gasteiger partial charge in [-0.1, -0.05) is 52.3 Å². The van der Waals surface area contributed by atoms with Crippen molar-refractivity contribution in [3.05, 3.63) is 69.7 Å². The van der Waals surface area contributed by atoms with Crippen molar-refractivity contribution in [1.29, 1.82) is 0 Å². The van der Waals surface area contributed by atoms with Gasteiger partial charge >= 0.3 is 0 Å². The second kappa shape index (κ2) is 5.80. The van der Waals surface area contributed by atoms with Crippen LogP contribution in [0.4, 0.5) is 0 Å². The zero-order valence-electron chi connectivity index (χ0n) is 11.1. The Bertz CT molecular complexity index is 621. The number of aryl methyl sites for hydroxylation is 1. The van der Waals surface area contributed by atoms with Gasteiger partial charge in [0.15, 0.2) is 0 Å². The molecule has 3 rings (SSSR count). The van der Waals surface area contributed by atoms with E-state index < -0.39 is 0 Å². The molecule has 0 radical (unpaired) electrons. The van der Waals surface area contributed by atoms with Crippen LogP contribution < -0.4 is 5.32 Å². The Morgan fingerprint density at radius 1 is 1.15 bits per heavy atom. The lowest BCUT2D eigenvalue weighted by molar-refractivity contribution is -0.121. The molecule has 0 aromatic heterocycles. The molecule has 0 heterocycles. The third kappa shape index (κ3) is 2.93. The summed E-state index contributed by atoms with van der Waals surface area (Å²) in [4.78, 5) is 12.1. The second-order valence-corrected chi connectivity index (χ2v) is 6.08. The molecule has 3 heteroatoms. The third-order valence-electron chi connectivity index (χ3n) is 3.75. The van der Waals surface area contributed by atoms with Crippen LogP contribution in [0.15, 0.2) is 53.0 Å². The number of hydrogen-bond acceptors (Lipinski definition) is 1. The molecule has 1 amide bonds. The number of nitrogens with one attached hydrogen (secondary N) is 1. The molecule has 102 valence electrons. The summed E-state index contributed by atoms with van der Waals surface area (Å²) in [5.41, 5.74) is 3.68.